The molecule has 0 saturated carbocycles. The molecule has 0 bridgehead atoms. The molecular weight excluding hydrogens is 446 g/mol. The molecule has 4 rings (SSSR count). The van der Waals surface area contributed by atoms with E-state index in [1.165, 1.54) is 11.3 Å². The average molecular weight is 453 g/mol. The summed E-state index contributed by atoms with van der Waals surface area (Å²) in [6, 6.07) is 5.07. The predicted octanol–water partition coefficient (Wildman–Crippen LogP) is 5.61. The quantitative estimate of drug-likeness (QED) is 0.210. The van der Waals surface area contributed by atoms with Crippen LogP contribution < -0.4 is 10.4 Å². The third kappa shape index (κ3) is 2.81. The van der Waals surface area contributed by atoms with Gasteiger partial charge in [0.15, 0.2) is 23.3 Å². The molecular formula is C22H7F4N3S2. The molecule has 0 saturated heterocycles. The molecule has 4 aromatic rings. The first-order valence-corrected chi connectivity index (χ1v) is 10.3. The van der Waals surface area contributed by atoms with Crippen molar-refractivity contribution in [3.63, 3.8) is 0 Å². The molecule has 0 fully saturated rings. The molecule has 31 heavy (non-hydrogen) atoms. The Bertz CT molecular complexity index is 1570. The number of rotatable bonds is 1. The molecule has 2 aromatic heterocycles. The second-order valence-electron chi connectivity index (χ2n) is 6.37. The van der Waals surface area contributed by atoms with Gasteiger partial charge >= 0.3 is 0 Å². The summed E-state index contributed by atoms with van der Waals surface area (Å²) in [6.45, 7) is 15.8. The normalized spacial score (nSPS) is 13.0. The fourth-order valence-corrected chi connectivity index (χ4v) is 5.36. The van der Waals surface area contributed by atoms with Crippen molar-refractivity contribution >= 4 is 54.2 Å². The Kier molecular flexibility index (Phi) is 4.99. The Hall–Kier alpha value is -3.71. The van der Waals surface area contributed by atoms with Gasteiger partial charge in [-0.1, -0.05) is 0 Å². The molecule has 0 unspecified atom stereocenters. The van der Waals surface area contributed by atoms with E-state index in [1.807, 2.05) is 6.07 Å². The number of thiophene rings is 2. The topological polar surface area (TPSA) is 32.5 Å². The Morgan fingerprint density at radius 3 is 1.87 bits per heavy atom. The molecule has 0 aliphatic rings. The van der Waals surface area contributed by atoms with Crippen LogP contribution in [0.1, 0.15) is 11.1 Å². The molecule has 0 spiro atoms. The number of fused-ring (bicyclic) bond motifs is 2. The molecule has 0 aliphatic heterocycles. The highest BCUT2D eigenvalue weighted by molar-refractivity contribution is 7.18. The van der Waals surface area contributed by atoms with Crippen LogP contribution in [0.5, 0.6) is 0 Å². The number of benzene rings is 2. The van der Waals surface area contributed by atoms with E-state index < -0.39 is 40.1 Å². The number of nitriles is 1. The van der Waals surface area contributed by atoms with Crippen LogP contribution in [0.15, 0.2) is 22.9 Å². The van der Waals surface area contributed by atoms with Crippen molar-refractivity contribution in [3.8, 4) is 6.07 Å². The van der Waals surface area contributed by atoms with Gasteiger partial charge in [-0.25, -0.2) is 32.5 Å². The molecule has 0 amide bonds. The first-order chi connectivity index (χ1) is 14.9. The molecule has 2 heterocycles. The van der Waals surface area contributed by atoms with Crippen LogP contribution in [-0.4, -0.2) is 0 Å². The second kappa shape index (κ2) is 7.52. The van der Waals surface area contributed by atoms with Crippen molar-refractivity contribution in [3.05, 3.63) is 90.6 Å². The lowest BCUT2D eigenvalue weighted by Crippen LogP contribution is -2.17. The lowest BCUT2D eigenvalue weighted by atomic mass is 10.0. The summed E-state index contributed by atoms with van der Waals surface area (Å²) in [5.74, 6) is -6.43. The van der Waals surface area contributed by atoms with Crippen LogP contribution in [0, 0.1) is 54.7 Å². The molecule has 0 radical (unpaired) electrons. The highest BCUT2D eigenvalue weighted by Gasteiger charge is 2.27. The molecule has 150 valence electrons. The largest absolute Gasteiger partial charge is 0.271 e. The minimum absolute atomic E-state index is 0.0997. The lowest BCUT2D eigenvalue weighted by Gasteiger charge is -2.10. The van der Waals surface area contributed by atoms with E-state index >= 15 is 0 Å². The van der Waals surface area contributed by atoms with Crippen molar-refractivity contribution in [1.29, 1.82) is 5.26 Å². The molecule has 2 aromatic carbocycles. The van der Waals surface area contributed by atoms with E-state index in [2.05, 4.69) is 9.69 Å². The number of hydrogen-bond acceptors (Lipinski definition) is 3. The number of nitrogens with zero attached hydrogens (tertiary/aromatic N) is 3. The van der Waals surface area contributed by atoms with Crippen LogP contribution in [0.3, 0.4) is 0 Å². The fourth-order valence-electron chi connectivity index (χ4n) is 3.44. The van der Waals surface area contributed by atoms with Crippen LogP contribution in [0.2, 0.25) is 0 Å². The van der Waals surface area contributed by atoms with Gasteiger partial charge in [-0.15, -0.1) is 22.7 Å². The Labute approximate surface area is 180 Å². The van der Waals surface area contributed by atoms with Crippen LogP contribution >= 0.6 is 22.7 Å². The van der Waals surface area contributed by atoms with Gasteiger partial charge in [-0.05, 0) is 40.6 Å². The van der Waals surface area contributed by atoms with Gasteiger partial charge in [0.25, 0.3) is 5.70 Å². The van der Waals surface area contributed by atoms with Gasteiger partial charge in [0.2, 0.25) is 5.70 Å². The van der Waals surface area contributed by atoms with Crippen molar-refractivity contribution in [2.75, 3.05) is 0 Å². The SMILES string of the molecule is [C-]#[N+]/C(C#N)=c1/c2ccsc2/c(=C(/[N+]#[C-])c2c(F)c(F)c(C)c(F)c2F)c2ccsc12. The summed E-state index contributed by atoms with van der Waals surface area (Å²) in [5, 5.41) is 14.0. The maximum atomic E-state index is 14.8. The number of halogens is 4. The van der Waals surface area contributed by atoms with E-state index in [0.717, 1.165) is 18.3 Å². The molecule has 0 atom stereocenters. The Morgan fingerprint density at radius 1 is 0.871 bits per heavy atom. The lowest BCUT2D eigenvalue weighted by molar-refractivity contribution is 0.442. The highest BCUT2D eigenvalue weighted by atomic mass is 32.1. The first kappa shape index (κ1) is 20.6. The van der Waals surface area contributed by atoms with Crippen molar-refractivity contribution < 1.29 is 17.6 Å². The third-order valence-electron chi connectivity index (χ3n) is 4.85. The summed E-state index contributed by atoms with van der Waals surface area (Å²) in [4.78, 5) is 6.55. The molecule has 0 aliphatic carbocycles. The van der Waals surface area contributed by atoms with Gasteiger partial charge in [-0.3, -0.25) is 0 Å². The van der Waals surface area contributed by atoms with Gasteiger partial charge in [0, 0.05) is 25.4 Å². The zero-order valence-corrected chi connectivity index (χ0v) is 17.1. The maximum absolute atomic E-state index is 14.8. The highest BCUT2D eigenvalue weighted by Crippen LogP contribution is 2.31. The van der Waals surface area contributed by atoms with Gasteiger partial charge in [0.1, 0.15) is 0 Å². The Morgan fingerprint density at radius 2 is 1.39 bits per heavy atom. The maximum Gasteiger partial charge on any atom is 0.271 e. The first-order valence-electron chi connectivity index (χ1n) is 8.50. The van der Waals surface area contributed by atoms with Crippen molar-refractivity contribution in [2.24, 2.45) is 0 Å². The summed E-state index contributed by atoms with van der Waals surface area (Å²) in [5.41, 5.74) is -2.65. The van der Waals surface area contributed by atoms with Crippen LogP contribution in [-0.2, 0) is 0 Å². The molecule has 9 heteroatoms. The van der Waals surface area contributed by atoms with Crippen LogP contribution in [0.4, 0.5) is 17.6 Å². The molecule has 3 nitrogen and oxygen atoms in total. The van der Waals surface area contributed by atoms with E-state index in [0.29, 0.717) is 25.4 Å². The average Bonchev–Trinajstić information content (AvgIpc) is 3.45. The zero-order chi connectivity index (χ0) is 22.4. The second-order valence-corrected chi connectivity index (χ2v) is 8.20. The summed E-state index contributed by atoms with van der Waals surface area (Å²) < 4.78 is 58.9. The molecule has 0 N–H and O–H groups in total. The smallest absolute Gasteiger partial charge is 0.237 e. The Balaban J connectivity index is 2.41. The van der Waals surface area contributed by atoms with E-state index in [9.17, 15) is 22.8 Å². The van der Waals surface area contributed by atoms with E-state index in [4.69, 9.17) is 13.1 Å². The van der Waals surface area contributed by atoms with Crippen molar-refractivity contribution in [1.82, 2.24) is 0 Å². The third-order valence-corrected chi connectivity index (χ3v) is 6.71. The minimum atomic E-state index is -1.65. The zero-order valence-electron chi connectivity index (χ0n) is 15.5. The predicted molar refractivity (Wildman–Crippen MR) is 112 cm³/mol. The van der Waals surface area contributed by atoms with Gasteiger partial charge in [0.05, 0.1) is 24.8 Å². The minimum Gasteiger partial charge on any atom is -0.237 e. The fraction of sp³-hybridized carbons (Fsp3) is 0.0455. The summed E-state index contributed by atoms with van der Waals surface area (Å²) in [6.07, 6.45) is 0. The van der Waals surface area contributed by atoms with Gasteiger partial charge in [-0.2, -0.15) is 0 Å². The summed E-state index contributed by atoms with van der Waals surface area (Å²) in [7, 11) is 0. The standard InChI is InChI=1S/C22H7F4N3S2/c1-9-16(23)18(25)15(19(26)17(9)24)20(29-3)14-11-5-7-30-21(11)13(12(8-27)28-2)10-4-6-31-22(10)14/h4-7H,1H3/b13-12-,20-14+. The van der Waals surface area contributed by atoms with Crippen molar-refractivity contribution in [2.45, 2.75) is 6.92 Å². The number of hydrogen-bond donors (Lipinski definition) is 0. The van der Waals surface area contributed by atoms with Gasteiger partial charge < -0.3 is 0 Å². The van der Waals surface area contributed by atoms with E-state index in [1.54, 1.807) is 22.9 Å². The summed E-state index contributed by atoms with van der Waals surface area (Å²) >= 11 is 2.31. The van der Waals surface area contributed by atoms with Crippen LogP contribution in [0.25, 0.3) is 41.3 Å². The monoisotopic (exact) mass is 453 g/mol. The van der Waals surface area contributed by atoms with E-state index in [-0.39, 0.29) is 10.9 Å².